The molecule has 8 nitrogen and oxygen atoms in total. The van der Waals surface area contributed by atoms with Crippen molar-refractivity contribution in [1.29, 1.82) is 0 Å². The van der Waals surface area contributed by atoms with Crippen molar-refractivity contribution in [2.45, 2.75) is 38.1 Å². The third kappa shape index (κ3) is 4.60. The van der Waals surface area contributed by atoms with E-state index in [4.69, 9.17) is 21.1 Å². The molecule has 2 atom stereocenters. The van der Waals surface area contributed by atoms with E-state index in [-0.39, 0.29) is 23.8 Å². The zero-order valence-corrected chi connectivity index (χ0v) is 20.9. The maximum absolute atomic E-state index is 13.5. The lowest BCUT2D eigenvalue weighted by atomic mass is 10.00. The molecule has 6 rings (SSSR count). The number of aromatic nitrogens is 3. The van der Waals surface area contributed by atoms with Gasteiger partial charge in [-0.3, -0.25) is 4.79 Å². The van der Waals surface area contributed by atoms with Gasteiger partial charge in [0.15, 0.2) is 0 Å². The highest BCUT2D eigenvalue weighted by molar-refractivity contribution is 6.30. The summed E-state index contributed by atoms with van der Waals surface area (Å²) in [7, 11) is 0. The Bertz CT molecular complexity index is 1570. The Morgan fingerprint density at radius 1 is 1.16 bits per heavy atom. The number of fused-ring (bicyclic) bond motifs is 2. The second-order valence-corrected chi connectivity index (χ2v) is 9.92. The third-order valence-corrected chi connectivity index (χ3v) is 7.30. The minimum atomic E-state index is -2.78. The highest BCUT2D eigenvalue weighted by atomic mass is 35.5. The number of carbonyl (C=O) groups excluding carboxylic acids is 1. The highest BCUT2D eigenvalue weighted by Gasteiger charge is 2.39. The summed E-state index contributed by atoms with van der Waals surface area (Å²) in [5.74, 6) is 0.399. The van der Waals surface area contributed by atoms with Gasteiger partial charge in [0, 0.05) is 47.9 Å². The van der Waals surface area contributed by atoms with Crippen molar-refractivity contribution in [2.24, 2.45) is 0 Å². The molecule has 2 aliphatic rings. The summed E-state index contributed by atoms with van der Waals surface area (Å²) in [5.41, 5.74) is 1.72. The first kappa shape index (κ1) is 24.4. The third-order valence-electron chi connectivity index (χ3n) is 7.05. The highest BCUT2D eigenvalue weighted by Crippen LogP contribution is 2.36. The molecule has 0 bridgehead atoms. The molecule has 2 fully saturated rings. The van der Waals surface area contributed by atoms with Crippen LogP contribution in [0.25, 0.3) is 21.9 Å². The van der Waals surface area contributed by atoms with Gasteiger partial charge in [-0.25, -0.2) is 9.48 Å². The van der Waals surface area contributed by atoms with Crippen LogP contribution in [0.4, 0.5) is 13.6 Å². The first-order valence-corrected chi connectivity index (χ1v) is 12.6. The minimum absolute atomic E-state index is 0.0802. The SMILES string of the molecule is O=C1OC[C@@H]2C[C@@H](Oc3cc4c(=O)n(Cc5ccc(Cl)cc5)ccc4cc3-c3cnn(C(F)F)c3)CCN12. The molecule has 0 radical (unpaired) electrons. The monoisotopic (exact) mass is 540 g/mol. The summed E-state index contributed by atoms with van der Waals surface area (Å²) in [6.45, 7) is -1.62. The fourth-order valence-electron chi connectivity index (χ4n) is 5.08. The van der Waals surface area contributed by atoms with Gasteiger partial charge in [-0.15, -0.1) is 0 Å². The van der Waals surface area contributed by atoms with Crippen LogP contribution in [0.5, 0.6) is 5.75 Å². The molecule has 2 aliphatic heterocycles. The van der Waals surface area contributed by atoms with E-state index in [0.29, 0.717) is 69.9 Å². The van der Waals surface area contributed by atoms with Gasteiger partial charge >= 0.3 is 12.6 Å². The van der Waals surface area contributed by atoms with Crippen molar-refractivity contribution in [3.05, 3.63) is 82.0 Å². The van der Waals surface area contributed by atoms with E-state index in [2.05, 4.69) is 5.10 Å². The van der Waals surface area contributed by atoms with Gasteiger partial charge in [0.1, 0.15) is 18.5 Å². The fourth-order valence-corrected chi connectivity index (χ4v) is 5.21. The van der Waals surface area contributed by atoms with Crippen LogP contribution < -0.4 is 10.3 Å². The van der Waals surface area contributed by atoms with Crippen molar-refractivity contribution in [3.63, 3.8) is 0 Å². The van der Waals surface area contributed by atoms with Crippen LogP contribution in [0, 0.1) is 0 Å². The molecule has 0 spiro atoms. The number of carbonyl (C=O) groups is 1. The molecule has 0 N–H and O–H groups in total. The molecule has 4 aromatic rings. The Hall–Kier alpha value is -3.92. The molecule has 4 heterocycles. The summed E-state index contributed by atoms with van der Waals surface area (Å²) in [4.78, 5) is 27.1. The number of halogens is 3. The maximum atomic E-state index is 13.5. The number of ether oxygens (including phenoxy) is 2. The van der Waals surface area contributed by atoms with E-state index < -0.39 is 6.55 Å². The van der Waals surface area contributed by atoms with Crippen molar-refractivity contribution >= 4 is 28.5 Å². The van der Waals surface area contributed by atoms with Gasteiger partial charge in [0.05, 0.1) is 24.2 Å². The van der Waals surface area contributed by atoms with Gasteiger partial charge in [-0.2, -0.15) is 13.9 Å². The first-order valence-electron chi connectivity index (χ1n) is 12.2. The largest absolute Gasteiger partial charge is 0.490 e. The van der Waals surface area contributed by atoms with Crippen LogP contribution in [0.2, 0.25) is 5.02 Å². The fraction of sp³-hybridized carbons (Fsp3) is 0.296. The first-order chi connectivity index (χ1) is 18.4. The predicted molar refractivity (Wildman–Crippen MR) is 137 cm³/mol. The quantitative estimate of drug-likeness (QED) is 0.330. The van der Waals surface area contributed by atoms with Gasteiger partial charge in [-0.1, -0.05) is 23.7 Å². The number of alkyl halides is 2. The average molecular weight is 541 g/mol. The normalized spacial score (nSPS) is 19.2. The molecule has 1 amide bonds. The Kier molecular flexibility index (Phi) is 6.27. The topological polar surface area (TPSA) is 78.6 Å². The molecule has 11 heteroatoms. The van der Waals surface area contributed by atoms with Gasteiger partial charge < -0.3 is 18.9 Å². The average Bonchev–Trinajstić information content (AvgIpc) is 3.54. The lowest BCUT2D eigenvalue weighted by Crippen LogP contribution is -2.44. The number of pyridine rings is 1. The number of nitrogens with zero attached hydrogens (tertiary/aromatic N) is 4. The molecule has 196 valence electrons. The molecular formula is C27H23ClF2N4O4. The predicted octanol–water partition coefficient (Wildman–Crippen LogP) is 5.32. The van der Waals surface area contributed by atoms with E-state index >= 15 is 0 Å². The van der Waals surface area contributed by atoms with Crippen LogP contribution in [0.3, 0.4) is 0 Å². The van der Waals surface area contributed by atoms with Crippen molar-refractivity contribution in [3.8, 4) is 16.9 Å². The number of piperidine rings is 1. The Morgan fingerprint density at radius 3 is 2.74 bits per heavy atom. The van der Waals surface area contributed by atoms with E-state index in [1.54, 1.807) is 39.9 Å². The molecular weight excluding hydrogens is 518 g/mol. The smallest absolute Gasteiger partial charge is 0.410 e. The number of benzene rings is 2. The number of hydrogen-bond donors (Lipinski definition) is 0. The molecule has 2 aromatic heterocycles. The van der Waals surface area contributed by atoms with Crippen molar-refractivity contribution in [1.82, 2.24) is 19.2 Å². The van der Waals surface area contributed by atoms with Crippen LogP contribution in [0.1, 0.15) is 25.0 Å². The Labute approximate surface area is 220 Å². The molecule has 2 aromatic carbocycles. The van der Waals surface area contributed by atoms with Crippen LogP contribution in [0.15, 0.2) is 65.8 Å². The lowest BCUT2D eigenvalue weighted by Gasteiger charge is -2.33. The number of rotatable bonds is 6. The summed E-state index contributed by atoms with van der Waals surface area (Å²) in [6, 6.07) is 12.4. The molecule has 0 aliphatic carbocycles. The second kappa shape index (κ2) is 9.75. The summed E-state index contributed by atoms with van der Waals surface area (Å²) >= 11 is 5.99. The van der Waals surface area contributed by atoms with Crippen LogP contribution >= 0.6 is 11.6 Å². The summed E-state index contributed by atoms with van der Waals surface area (Å²) in [6.07, 6.45) is 4.90. The van der Waals surface area contributed by atoms with E-state index in [0.717, 1.165) is 5.56 Å². The van der Waals surface area contributed by atoms with E-state index in [1.165, 1.54) is 12.4 Å². The lowest BCUT2D eigenvalue weighted by molar-refractivity contribution is 0.0566. The molecule has 2 saturated heterocycles. The molecule has 0 unspecified atom stereocenters. The standard InChI is InChI=1S/C27H23ClF2N4O4/c28-19-3-1-16(2-4-19)13-32-7-5-17-9-22(18-12-31-34(14-18)26(29)30)24(11-23(17)25(32)35)38-21-6-8-33-20(10-21)15-37-27(33)36/h1-5,7,9,11-12,14,20-21,26H,6,8,10,13,15H2/t20-,21-/m0/s1. The van der Waals surface area contributed by atoms with Gasteiger partial charge in [0.25, 0.3) is 5.56 Å². The van der Waals surface area contributed by atoms with Gasteiger partial charge in [0.2, 0.25) is 0 Å². The van der Waals surface area contributed by atoms with Crippen LogP contribution in [-0.2, 0) is 11.3 Å². The number of amides is 1. The van der Waals surface area contributed by atoms with Crippen LogP contribution in [-0.4, -0.2) is 50.6 Å². The summed E-state index contributed by atoms with van der Waals surface area (Å²) in [5, 5.41) is 5.48. The van der Waals surface area contributed by atoms with Crippen molar-refractivity contribution < 1.29 is 23.0 Å². The Balaban J connectivity index is 1.38. The maximum Gasteiger partial charge on any atom is 0.410 e. The van der Waals surface area contributed by atoms with Gasteiger partial charge in [-0.05, 0) is 41.3 Å². The number of hydrogen-bond acceptors (Lipinski definition) is 5. The Morgan fingerprint density at radius 2 is 1.97 bits per heavy atom. The zero-order chi connectivity index (χ0) is 26.4. The van der Waals surface area contributed by atoms with E-state index in [1.807, 2.05) is 18.2 Å². The second-order valence-electron chi connectivity index (χ2n) is 9.49. The molecule has 38 heavy (non-hydrogen) atoms. The van der Waals surface area contributed by atoms with Crippen molar-refractivity contribution in [2.75, 3.05) is 13.2 Å². The zero-order valence-electron chi connectivity index (χ0n) is 20.1. The minimum Gasteiger partial charge on any atom is -0.490 e. The summed E-state index contributed by atoms with van der Waals surface area (Å²) < 4.78 is 40.2. The van der Waals surface area contributed by atoms with E-state index in [9.17, 15) is 18.4 Å². The number of cyclic esters (lactones) is 1. The molecule has 0 saturated carbocycles.